The van der Waals surface area contributed by atoms with Gasteiger partial charge < -0.3 is 15.5 Å². The number of nitrogens with one attached hydrogen (secondary N) is 1. The molecule has 17 heavy (non-hydrogen) atoms. The molecule has 0 atom stereocenters. The van der Waals surface area contributed by atoms with E-state index in [0.717, 1.165) is 24.2 Å². The average Bonchev–Trinajstić information content (AvgIpc) is 2.76. The molecule has 4 nitrogen and oxygen atoms in total. The lowest BCUT2D eigenvalue weighted by Gasteiger charge is -2.25. The third kappa shape index (κ3) is 2.65. The fourth-order valence-electron chi connectivity index (χ4n) is 1.88. The molecule has 1 aromatic heterocycles. The first-order chi connectivity index (χ1) is 8.13. The van der Waals surface area contributed by atoms with Crippen molar-refractivity contribution in [1.82, 2.24) is 10.3 Å². The van der Waals surface area contributed by atoms with Gasteiger partial charge in [-0.15, -0.1) is 0 Å². The van der Waals surface area contributed by atoms with Gasteiger partial charge in [0.1, 0.15) is 5.52 Å². The molecule has 0 fully saturated rings. The van der Waals surface area contributed by atoms with Crippen LogP contribution < -0.4 is 11.1 Å². The van der Waals surface area contributed by atoms with Gasteiger partial charge in [0.05, 0.1) is 0 Å². The molecule has 0 saturated carbocycles. The Kier molecular flexibility index (Phi) is 3.45. The van der Waals surface area contributed by atoms with Gasteiger partial charge in [-0.2, -0.15) is 0 Å². The van der Waals surface area contributed by atoms with Gasteiger partial charge in [0.25, 0.3) is 0 Å². The Hall–Kier alpha value is -1.39. The first-order valence-corrected chi connectivity index (χ1v) is 5.88. The van der Waals surface area contributed by atoms with Crippen molar-refractivity contribution in [2.45, 2.75) is 19.3 Å². The molecule has 0 aliphatic carbocycles. The fraction of sp³-hybridized carbons (Fsp3) is 0.462. The van der Waals surface area contributed by atoms with Crippen molar-refractivity contribution in [3.05, 3.63) is 30.2 Å². The van der Waals surface area contributed by atoms with Gasteiger partial charge in [0.15, 0.2) is 12.0 Å². The van der Waals surface area contributed by atoms with Crippen molar-refractivity contribution in [2.75, 3.05) is 19.6 Å². The van der Waals surface area contributed by atoms with Gasteiger partial charge in [-0.1, -0.05) is 19.9 Å². The number of rotatable bonds is 5. The highest BCUT2D eigenvalue weighted by Crippen LogP contribution is 2.25. The Bertz CT molecular complexity index is 490. The second-order valence-electron chi connectivity index (χ2n) is 4.88. The number of nitrogens with two attached hydrogens (primary N) is 1. The van der Waals surface area contributed by atoms with E-state index in [1.54, 1.807) is 0 Å². The molecule has 3 N–H and O–H groups in total. The molecule has 0 spiro atoms. The minimum Gasteiger partial charge on any atom is -0.443 e. The number of nitrogens with zero attached hydrogens (tertiary/aromatic N) is 1. The summed E-state index contributed by atoms with van der Waals surface area (Å²) in [6.07, 6.45) is 1.48. The Morgan fingerprint density at radius 1 is 1.41 bits per heavy atom. The monoisotopic (exact) mass is 233 g/mol. The quantitative estimate of drug-likeness (QED) is 0.771. The topological polar surface area (TPSA) is 64.1 Å². The minimum atomic E-state index is 0.0517. The highest BCUT2D eigenvalue weighted by Gasteiger charge is 2.20. The van der Waals surface area contributed by atoms with Crippen LogP contribution in [0.4, 0.5) is 0 Å². The number of hydrogen-bond acceptors (Lipinski definition) is 4. The van der Waals surface area contributed by atoms with Gasteiger partial charge in [-0.25, -0.2) is 4.98 Å². The van der Waals surface area contributed by atoms with Crippen LogP contribution in [0.15, 0.2) is 29.0 Å². The minimum absolute atomic E-state index is 0.0517. The van der Waals surface area contributed by atoms with Crippen LogP contribution in [0.2, 0.25) is 0 Å². The van der Waals surface area contributed by atoms with E-state index in [1.165, 1.54) is 12.0 Å². The van der Waals surface area contributed by atoms with Crippen molar-refractivity contribution in [3.63, 3.8) is 0 Å². The number of aromatic nitrogens is 1. The first kappa shape index (κ1) is 12.1. The van der Waals surface area contributed by atoms with Crippen molar-refractivity contribution in [2.24, 2.45) is 5.73 Å². The first-order valence-electron chi connectivity index (χ1n) is 5.88. The van der Waals surface area contributed by atoms with Crippen LogP contribution >= 0.6 is 0 Å². The molecular weight excluding hydrogens is 214 g/mol. The highest BCUT2D eigenvalue weighted by atomic mass is 16.3. The molecule has 4 heteroatoms. The van der Waals surface area contributed by atoms with Gasteiger partial charge in [0, 0.05) is 25.0 Å². The van der Waals surface area contributed by atoms with Gasteiger partial charge in [-0.3, -0.25) is 0 Å². The van der Waals surface area contributed by atoms with Crippen LogP contribution in [0, 0.1) is 0 Å². The summed E-state index contributed by atoms with van der Waals surface area (Å²) in [7, 11) is 0. The summed E-state index contributed by atoms with van der Waals surface area (Å²) in [4.78, 5) is 4.12. The van der Waals surface area contributed by atoms with E-state index in [-0.39, 0.29) is 5.41 Å². The maximum absolute atomic E-state index is 5.47. The maximum atomic E-state index is 5.47. The third-order valence-corrected chi connectivity index (χ3v) is 3.00. The van der Waals surface area contributed by atoms with Crippen LogP contribution in [-0.2, 0) is 5.41 Å². The van der Waals surface area contributed by atoms with Crippen LogP contribution in [0.5, 0.6) is 0 Å². The normalized spacial score (nSPS) is 12.2. The Labute approximate surface area is 101 Å². The smallest absolute Gasteiger partial charge is 0.181 e. The van der Waals surface area contributed by atoms with Crippen LogP contribution in [0.25, 0.3) is 11.1 Å². The second-order valence-corrected chi connectivity index (χ2v) is 4.88. The Balaban J connectivity index is 2.18. The van der Waals surface area contributed by atoms with Crippen LogP contribution in [-0.4, -0.2) is 24.6 Å². The maximum Gasteiger partial charge on any atom is 0.181 e. The number of hydrogen-bond donors (Lipinski definition) is 2. The summed E-state index contributed by atoms with van der Waals surface area (Å²) >= 11 is 0. The zero-order chi connectivity index (χ0) is 12.3. The van der Waals surface area contributed by atoms with Gasteiger partial charge >= 0.3 is 0 Å². The fourth-order valence-corrected chi connectivity index (χ4v) is 1.88. The molecule has 0 bridgehead atoms. The van der Waals surface area contributed by atoms with E-state index in [4.69, 9.17) is 10.2 Å². The number of oxazole rings is 1. The summed E-state index contributed by atoms with van der Waals surface area (Å²) < 4.78 is 5.33. The van der Waals surface area contributed by atoms with Crippen molar-refractivity contribution in [3.8, 4) is 0 Å². The second kappa shape index (κ2) is 4.85. The van der Waals surface area contributed by atoms with Crippen molar-refractivity contribution < 1.29 is 4.42 Å². The van der Waals surface area contributed by atoms with Crippen molar-refractivity contribution in [1.29, 1.82) is 0 Å². The van der Waals surface area contributed by atoms with E-state index in [1.807, 2.05) is 6.07 Å². The summed E-state index contributed by atoms with van der Waals surface area (Å²) in [5.41, 5.74) is 8.51. The molecule has 1 heterocycles. The molecule has 2 rings (SSSR count). The molecule has 0 aliphatic rings. The summed E-state index contributed by atoms with van der Waals surface area (Å²) in [5.74, 6) is 0. The molecule has 0 amide bonds. The standard InChI is InChI=1S/C13H19N3O/c1-13(2,8-15-6-5-14)10-3-4-11-12(7-10)17-9-16-11/h3-4,7,9,15H,5-6,8,14H2,1-2H3. The average molecular weight is 233 g/mol. The number of benzene rings is 1. The van der Waals surface area contributed by atoms with E-state index >= 15 is 0 Å². The van der Waals surface area contributed by atoms with E-state index in [9.17, 15) is 0 Å². The van der Waals surface area contributed by atoms with E-state index < -0.39 is 0 Å². The Morgan fingerprint density at radius 3 is 3.00 bits per heavy atom. The third-order valence-electron chi connectivity index (χ3n) is 3.00. The van der Waals surface area contributed by atoms with Gasteiger partial charge in [0.2, 0.25) is 0 Å². The SMILES string of the molecule is CC(C)(CNCCN)c1ccc2ncoc2c1. The largest absolute Gasteiger partial charge is 0.443 e. The molecule has 0 aliphatic heterocycles. The zero-order valence-electron chi connectivity index (χ0n) is 10.4. The molecule has 0 unspecified atom stereocenters. The molecule has 2 aromatic rings. The lowest BCUT2D eigenvalue weighted by atomic mass is 9.84. The van der Waals surface area contributed by atoms with Crippen LogP contribution in [0.3, 0.4) is 0 Å². The van der Waals surface area contributed by atoms with E-state index in [2.05, 4.69) is 36.3 Å². The van der Waals surface area contributed by atoms with Crippen LogP contribution in [0.1, 0.15) is 19.4 Å². The molecule has 1 aromatic carbocycles. The molecule has 0 saturated heterocycles. The predicted octanol–water partition coefficient (Wildman–Crippen LogP) is 1.65. The van der Waals surface area contributed by atoms with Gasteiger partial charge in [-0.05, 0) is 17.7 Å². The van der Waals surface area contributed by atoms with E-state index in [0.29, 0.717) is 6.54 Å². The molecule has 92 valence electrons. The number of fused-ring (bicyclic) bond motifs is 1. The lowest BCUT2D eigenvalue weighted by molar-refractivity contribution is 0.473. The lowest BCUT2D eigenvalue weighted by Crippen LogP contribution is -2.35. The summed E-state index contributed by atoms with van der Waals surface area (Å²) in [5, 5.41) is 3.34. The summed E-state index contributed by atoms with van der Waals surface area (Å²) in [6, 6.07) is 6.17. The highest BCUT2D eigenvalue weighted by molar-refractivity contribution is 5.73. The Morgan fingerprint density at radius 2 is 2.24 bits per heavy atom. The zero-order valence-corrected chi connectivity index (χ0v) is 10.4. The van der Waals surface area contributed by atoms with Crippen molar-refractivity contribution >= 4 is 11.1 Å². The molecule has 0 radical (unpaired) electrons. The molecular formula is C13H19N3O. The summed E-state index contributed by atoms with van der Waals surface area (Å²) in [6.45, 7) is 6.80. The predicted molar refractivity (Wildman–Crippen MR) is 69.0 cm³/mol.